The van der Waals surface area contributed by atoms with E-state index in [9.17, 15) is 13.2 Å². The molecule has 0 bridgehead atoms. The highest BCUT2D eigenvalue weighted by Gasteiger charge is 2.18. The zero-order valence-electron chi connectivity index (χ0n) is 10.8. The van der Waals surface area contributed by atoms with Crippen LogP contribution in [-0.4, -0.2) is 38.0 Å². The second kappa shape index (κ2) is 7.28. The summed E-state index contributed by atoms with van der Waals surface area (Å²) in [4.78, 5) is 11.1. The molecule has 108 valence electrons. The van der Waals surface area contributed by atoms with Crippen molar-refractivity contribution < 1.29 is 18.3 Å². The second-order valence-corrected chi connectivity index (χ2v) is 8.28. The fourth-order valence-corrected chi connectivity index (χ4v) is 4.66. The smallest absolute Gasteiger partial charge is 0.308 e. The average molecular weight is 323 g/mol. The summed E-state index contributed by atoms with van der Waals surface area (Å²) in [6, 6.07) is 2.99. The molecular weight excluding hydrogens is 306 g/mol. The summed E-state index contributed by atoms with van der Waals surface area (Å²) in [6.07, 6.45) is 1.82. The molecule has 1 atom stereocenters. The van der Waals surface area contributed by atoms with Gasteiger partial charge in [0, 0.05) is 11.4 Å². The molecule has 1 unspecified atom stereocenters. The van der Waals surface area contributed by atoms with E-state index in [0.29, 0.717) is 11.4 Å². The van der Waals surface area contributed by atoms with Crippen LogP contribution in [0.15, 0.2) is 16.3 Å². The maximum Gasteiger partial charge on any atom is 0.308 e. The highest BCUT2D eigenvalue weighted by molar-refractivity contribution is 7.98. The van der Waals surface area contributed by atoms with Crippen molar-refractivity contribution in [3.8, 4) is 0 Å². The van der Waals surface area contributed by atoms with Gasteiger partial charge in [-0.1, -0.05) is 6.92 Å². The van der Waals surface area contributed by atoms with Gasteiger partial charge in [-0.25, -0.2) is 13.1 Å². The molecule has 0 aromatic carbocycles. The van der Waals surface area contributed by atoms with Gasteiger partial charge in [0.1, 0.15) is 4.21 Å². The Balaban J connectivity index is 2.66. The molecule has 0 amide bonds. The summed E-state index contributed by atoms with van der Waals surface area (Å²) in [6.45, 7) is 2.36. The number of thioether (sulfide) groups is 1. The van der Waals surface area contributed by atoms with Crippen LogP contribution in [0.25, 0.3) is 0 Å². The van der Waals surface area contributed by atoms with E-state index in [1.54, 1.807) is 17.8 Å². The summed E-state index contributed by atoms with van der Waals surface area (Å²) in [7, 11) is -3.52. The maximum atomic E-state index is 12.0. The summed E-state index contributed by atoms with van der Waals surface area (Å²) < 4.78 is 26.7. The van der Waals surface area contributed by atoms with E-state index in [0.717, 1.165) is 17.1 Å². The first kappa shape index (κ1) is 16.5. The van der Waals surface area contributed by atoms with Gasteiger partial charge in [-0.05, 0) is 30.1 Å². The van der Waals surface area contributed by atoms with Gasteiger partial charge in [-0.15, -0.1) is 11.3 Å². The number of nitrogens with one attached hydrogen (secondary N) is 1. The Morgan fingerprint density at radius 3 is 2.79 bits per heavy atom. The number of aliphatic carboxylic acids is 1. The number of hydrogen-bond donors (Lipinski definition) is 2. The Bertz CT molecular complexity index is 524. The first-order valence-corrected chi connectivity index (χ1v) is 9.33. The zero-order valence-corrected chi connectivity index (χ0v) is 13.2. The van der Waals surface area contributed by atoms with Crippen LogP contribution in [0.3, 0.4) is 0 Å². The SMILES string of the molecule is CSCC(C)CNS(=O)(=O)c1ccc(CC(=O)O)s1. The molecule has 0 saturated heterocycles. The molecule has 1 heterocycles. The van der Waals surface area contributed by atoms with Crippen molar-refractivity contribution in [1.82, 2.24) is 4.72 Å². The van der Waals surface area contributed by atoms with Gasteiger partial charge in [0.2, 0.25) is 10.0 Å². The minimum Gasteiger partial charge on any atom is -0.481 e. The molecule has 1 rings (SSSR count). The molecule has 0 radical (unpaired) electrons. The van der Waals surface area contributed by atoms with E-state index < -0.39 is 16.0 Å². The van der Waals surface area contributed by atoms with E-state index in [4.69, 9.17) is 5.11 Å². The summed E-state index contributed by atoms with van der Waals surface area (Å²) in [5.41, 5.74) is 0. The van der Waals surface area contributed by atoms with Crippen LogP contribution in [0.1, 0.15) is 11.8 Å². The number of rotatable bonds is 8. The Hall–Kier alpha value is -0.570. The van der Waals surface area contributed by atoms with E-state index >= 15 is 0 Å². The summed E-state index contributed by atoms with van der Waals surface area (Å²) >= 11 is 2.67. The lowest BCUT2D eigenvalue weighted by molar-refractivity contribution is -0.136. The number of hydrogen-bond acceptors (Lipinski definition) is 5. The van der Waals surface area contributed by atoms with Crippen LogP contribution in [0.4, 0.5) is 0 Å². The molecule has 1 aromatic heterocycles. The largest absolute Gasteiger partial charge is 0.481 e. The normalized spacial score (nSPS) is 13.4. The van der Waals surface area contributed by atoms with Crippen molar-refractivity contribution in [1.29, 1.82) is 0 Å². The zero-order chi connectivity index (χ0) is 14.5. The first-order valence-electron chi connectivity index (χ1n) is 5.64. The van der Waals surface area contributed by atoms with Crippen LogP contribution in [0.5, 0.6) is 0 Å². The van der Waals surface area contributed by atoms with Crippen LogP contribution in [0, 0.1) is 5.92 Å². The Kier molecular flexibility index (Phi) is 6.31. The predicted molar refractivity (Wildman–Crippen MR) is 78.4 cm³/mol. The molecule has 2 N–H and O–H groups in total. The average Bonchev–Trinajstić information content (AvgIpc) is 2.75. The van der Waals surface area contributed by atoms with Crippen molar-refractivity contribution >= 4 is 39.1 Å². The standard InChI is InChI=1S/C11H17NO4S3/c1-8(7-17-2)6-12-19(15,16)11-4-3-9(18-11)5-10(13)14/h3-4,8,12H,5-7H2,1-2H3,(H,13,14). The third-order valence-electron chi connectivity index (χ3n) is 2.30. The highest BCUT2D eigenvalue weighted by atomic mass is 32.2. The molecule has 5 nitrogen and oxygen atoms in total. The lowest BCUT2D eigenvalue weighted by Crippen LogP contribution is -2.28. The Morgan fingerprint density at radius 2 is 2.21 bits per heavy atom. The van der Waals surface area contributed by atoms with Crippen LogP contribution in [0.2, 0.25) is 0 Å². The number of thiophene rings is 1. The topological polar surface area (TPSA) is 83.5 Å². The fourth-order valence-electron chi connectivity index (χ4n) is 1.41. The maximum absolute atomic E-state index is 12.0. The molecule has 0 aliphatic heterocycles. The van der Waals surface area contributed by atoms with Gasteiger partial charge in [0.05, 0.1) is 6.42 Å². The molecule has 0 fully saturated rings. The quantitative estimate of drug-likeness (QED) is 0.760. The molecule has 8 heteroatoms. The van der Waals surface area contributed by atoms with Crippen LogP contribution < -0.4 is 4.72 Å². The van der Waals surface area contributed by atoms with Crippen LogP contribution >= 0.6 is 23.1 Å². The lowest BCUT2D eigenvalue weighted by Gasteiger charge is -2.10. The van der Waals surface area contributed by atoms with Crippen molar-refractivity contribution in [2.45, 2.75) is 17.6 Å². The molecule has 0 saturated carbocycles. The van der Waals surface area contributed by atoms with Gasteiger partial charge in [0.15, 0.2) is 0 Å². The molecule has 19 heavy (non-hydrogen) atoms. The fraction of sp³-hybridized carbons (Fsp3) is 0.545. The molecular formula is C11H17NO4S3. The second-order valence-electron chi connectivity index (χ2n) is 4.20. The third kappa shape index (κ3) is 5.52. The minimum atomic E-state index is -3.52. The summed E-state index contributed by atoms with van der Waals surface area (Å²) in [5, 5.41) is 8.65. The van der Waals surface area contributed by atoms with Crippen molar-refractivity contribution in [3.63, 3.8) is 0 Å². The van der Waals surface area contributed by atoms with E-state index in [1.807, 2.05) is 13.2 Å². The van der Waals surface area contributed by atoms with E-state index in [1.165, 1.54) is 6.07 Å². The number of carbonyl (C=O) groups is 1. The van der Waals surface area contributed by atoms with Gasteiger partial charge in [0.25, 0.3) is 0 Å². The monoisotopic (exact) mass is 323 g/mol. The van der Waals surface area contributed by atoms with Gasteiger partial charge in [-0.3, -0.25) is 4.79 Å². The Labute approximate surface area is 121 Å². The highest BCUT2D eigenvalue weighted by Crippen LogP contribution is 2.22. The molecule has 0 aliphatic carbocycles. The Morgan fingerprint density at radius 1 is 1.53 bits per heavy atom. The predicted octanol–water partition coefficient (Wildman–Crippen LogP) is 1.65. The molecule has 0 aliphatic rings. The summed E-state index contributed by atoms with van der Waals surface area (Å²) in [5.74, 6) is 0.174. The van der Waals surface area contributed by atoms with Crippen molar-refractivity contribution in [3.05, 3.63) is 17.0 Å². The van der Waals surface area contributed by atoms with Crippen molar-refractivity contribution in [2.75, 3.05) is 18.6 Å². The number of carboxylic acid groups (broad SMARTS) is 1. The van der Waals surface area contributed by atoms with Crippen LogP contribution in [-0.2, 0) is 21.2 Å². The number of carboxylic acids is 1. The molecule has 1 aromatic rings. The van der Waals surface area contributed by atoms with Gasteiger partial charge < -0.3 is 5.11 Å². The number of sulfonamides is 1. The van der Waals surface area contributed by atoms with Gasteiger partial charge >= 0.3 is 5.97 Å². The third-order valence-corrected chi connectivity index (χ3v) is 6.20. The first-order chi connectivity index (χ1) is 8.85. The molecule has 0 spiro atoms. The lowest BCUT2D eigenvalue weighted by atomic mass is 10.2. The van der Waals surface area contributed by atoms with E-state index in [2.05, 4.69) is 4.72 Å². The minimum absolute atomic E-state index is 0.150. The van der Waals surface area contributed by atoms with Gasteiger partial charge in [-0.2, -0.15) is 11.8 Å². The van der Waals surface area contributed by atoms with Crippen molar-refractivity contribution in [2.24, 2.45) is 5.92 Å². The van der Waals surface area contributed by atoms with E-state index in [-0.39, 0.29) is 16.5 Å².